The molecule has 0 aliphatic heterocycles. The molecule has 0 rings (SSSR count). The van der Waals surface area contributed by atoms with Crippen LogP contribution in [0.5, 0.6) is 0 Å². The Morgan fingerprint density at radius 1 is 0.474 bits per heavy atom. The second kappa shape index (κ2) is 39.1. The Labute approximate surface area is 446 Å². The Morgan fingerprint density at radius 2 is 0.737 bits per heavy atom. The summed E-state index contributed by atoms with van der Waals surface area (Å²) in [5.74, 6) is -5.05. The zero-order valence-electron chi connectivity index (χ0n) is 43.1. The molecule has 0 aliphatic carbocycles. The average molecular weight is 1160 g/mol. The van der Waals surface area contributed by atoms with Gasteiger partial charge in [0.1, 0.15) is 22.2 Å². The van der Waals surface area contributed by atoms with Crippen LogP contribution >= 0.6 is 0 Å². The molecule has 76 heavy (non-hydrogen) atoms. The van der Waals surface area contributed by atoms with Crippen molar-refractivity contribution in [1.29, 1.82) is 0 Å². The van der Waals surface area contributed by atoms with Crippen LogP contribution < -0.4 is 53.7 Å². The summed E-state index contributed by atoms with van der Waals surface area (Å²) in [6.07, 6.45) is 4.32. The van der Waals surface area contributed by atoms with Crippen molar-refractivity contribution in [3.63, 3.8) is 0 Å². The van der Waals surface area contributed by atoms with Crippen LogP contribution in [0.1, 0.15) is 103 Å². The van der Waals surface area contributed by atoms with E-state index in [2.05, 4.69) is 16.6 Å². The van der Waals surface area contributed by atoms with Gasteiger partial charge in [0.2, 0.25) is 10.0 Å². The molecule has 0 bridgehead atoms. The van der Waals surface area contributed by atoms with E-state index in [0.717, 1.165) is 4.31 Å². The van der Waals surface area contributed by atoms with Crippen LogP contribution in [0, 0.1) is 0 Å². The lowest BCUT2D eigenvalue weighted by Crippen LogP contribution is -2.50. The third kappa shape index (κ3) is 43.6. The van der Waals surface area contributed by atoms with E-state index in [1.54, 1.807) is 0 Å². The molecule has 29 N–H and O–H groups in total. The van der Waals surface area contributed by atoms with Crippen LogP contribution in [0.25, 0.3) is 0 Å². The number of carbonyl (C=O) groups is 4. The Kier molecular flexibility index (Phi) is 40.7. The topological polar surface area (TPSA) is 635 Å². The van der Waals surface area contributed by atoms with Crippen LogP contribution in [0.15, 0.2) is 12.4 Å². The van der Waals surface area contributed by atoms with Gasteiger partial charge in [-0.1, -0.05) is 57.9 Å². The number of unbranched alkanes of at least 4 members (excludes halogenated alkanes) is 4. The normalized spacial score (nSPS) is 14.7. The summed E-state index contributed by atoms with van der Waals surface area (Å²) in [5, 5.41) is 118. The summed E-state index contributed by atoms with van der Waals surface area (Å²) in [7, 11) is -14.2. The van der Waals surface area contributed by atoms with Gasteiger partial charge in [-0.3, -0.25) is 19.2 Å². The van der Waals surface area contributed by atoms with Crippen molar-refractivity contribution in [1.82, 2.24) is 19.1 Å². The number of nitrogens with two attached hydrogens (primary N) is 7. The van der Waals surface area contributed by atoms with E-state index < -0.39 is 111 Å². The first-order valence-electron chi connectivity index (χ1n) is 23.6. The van der Waals surface area contributed by atoms with Crippen LogP contribution in [0.4, 0.5) is 0 Å². The zero-order valence-corrected chi connectivity index (χ0v) is 45.6. The summed E-state index contributed by atoms with van der Waals surface area (Å²) in [6, 6.07) is 0. The summed E-state index contributed by atoms with van der Waals surface area (Å²) < 4.78 is 71.0. The molecule has 0 aromatic rings. The predicted molar refractivity (Wildman–Crippen MR) is 283 cm³/mol. The minimum Gasteiger partial charge on any atom is -0.480 e. The highest BCUT2D eigenvalue weighted by molar-refractivity contribution is 7.89. The fraction of sp³-hybridized carbons (Fsp3) is 0.833. The monoisotopic (exact) mass is 1160 g/mol. The number of hydrogen-bond acceptors (Lipinski definition) is 24. The predicted octanol–water partition coefficient (Wildman–Crippen LogP) is -7.30. The van der Waals surface area contributed by atoms with E-state index in [1.807, 2.05) is 4.72 Å². The summed E-state index contributed by atoms with van der Waals surface area (Å²) in [4.78, 5) is 44.4. The lowest BCUT2D eigenvalue weighted by molar-refractivity contribution is -0.144. The standard InChI is InChI=1S/C10H24BN3O6S.C10H22BN3O4.C8H20BN3O6S.C8H19BN2O6S/c1-14(2)21(19,20)13-8-6-10(12,9(15)16)5-3-4-7-11(17)18;1-8(12)14-7-5-10(13,9(15)16)4-2-3-6-11(17)18;10-8(7(13)14,3-1-2-5-9(15)16)4-6-12-19(11,17)18;10-8(7(12)13,4-6-18(11,16)17)3-1-2-5-9(14)15/h13,17-18H,3-8,12H2,1-2H3,(H,15,16);14,17-18H,1-7,12-13H2,(H,15,16);12,15-16H,1-6,10H2,(H,13,14)(H2,11,17,18);14-15H,1-6,10H2,(H,12,13)(H2,11,16,17). The molecule has 0 aliphatic rings. The van der Waals surface area contributed by atoms with Crippen LogP contribution in [0.2, 0.25) is 25.3 Å². The number of sulfonamides is 1. The van der Waals surface area contributed by atoms with E-state index in [4.69, 9.17) is 99.6 Å². The van der Waals surface area contributed by atoms with Gasteiger partial charge in [-0.2, -0.15) is 21.1 Å². The molecular weight excluding hydrogens is 1080 g/mol. The number of primary sulfonamides is 1. The highest BCUT2D eigenvalue weighted by atomic mass is 32.2. The van der Waals surface area contributed by atoms with Crippen molar-refractivity contribution < 1.29 is 105 Å². The lowest BCUT2D eigenvalue weighted by atomic mass is 9.81. The van der Waals surface area contributed by atoms with Crippen molar-refractivity contribution >= 4 is 82.8 Å². The van der Waals surface area contributed by atoms with Crippen molar-refractivity contribution in [2.75, 3.05) is 39.5 Å². The SMILES string of the molecule is C=C(N)NCCC(N)(CCCCB(O)O)C(=O)O.CN(C)S(=O)(=O)NCCC(N)(CCCCB(O)O)C(=O)O.NC(CCCCB(O)O)(CCNS(N)(=O)=O)C(=O)O.NC(CCCCB(O)O)(CCS(N)(=O)=O)C(=O)O. The van der Waals surface area contributed by atoms with Crippen LogP contribution in [-0.4, -0.2) is 204 Å². The zero-order chi connectivity index (χ0) is 60.4. The molecule has 33 nitrogen and oxygen atoms in total. The molecule has 0 radical (unpaired) electrons. The van der Waals surface area contributed by atoms with E-state index >= 15 is 0 Å². The summed E-state index contributed by atoms with van der Waals surface area (Å²) >= 11 is 0. The fourth-order valence-corrected chi connectivity index (χ4v) is 7.80. The maximum atomic E-state index is 11.5. The van der Waals surface area contributed by atoms with Crippen LogP contribution in [-0.2, 0) is 49.6 Å². The number of carboxylic acid groups (broad SMARTS) is 4. The first-order valence-corrected chi connectivity index (χ1v) is 28.3. The number of carboxylic acids is 4. The molecule has 0 heterocycles. The first kappa shape index (κ1) is 79.1. The summed E-state index contributed by atoms with van der Waals surface area (Å²) in [6.45, 7) is 3.50. The molecule has 0 spiro atoms. The molecule has 0 aromatic carbocycles. The largest absolute Gasteiger partial charge is 0.480 e. The number of nitrogens with one attached hydrogen (secondary N) is 3. The van der Waals surface area contributed by atoms with Gasteiger partial charge in [0, 0.05) is 33.7 Å². The lowest BCUT2D eigenvalue weighted by Gasteiger charge is -2.25. The average Bonchev–Trinajstić information content (AvgIpc) is 3.25. The molecule has 0 saturated carbocycles. The minimum atomic E-state index is -3.87. The highest BCUT2D eigenvalue weighted by Crippen LogP contribution is 2.21. The molecule has 0 aromatic heterocycles. The van der Waals surface area contributed by atoms with Gasteiger partial charge in [0.15, 0.2) is 0 Å². The fourth-order valence-electron chi connectivity index (χ4n) is 6.14. The minimum absolute atomic E-state index is 0.0462. The van der Waals surface area contributed by atoms with Crippen molar-refractivity contribution in [3.8, 4) is 0 Å². The van der Waals surface area contributed by atoms with Gasteiger partial charge in [0.25, 0.3) is 20.4 Å². The maximum absolute atomic E-state index is 11.5. The van der Waals surface area contributed by atoms with Gasteiger partial charge in [-0.05, 0) is 76.6 Å². The maximum Gasteiger partial charge on any atom is 0.451 e. The Hall–Kier alpha value is -3.35. The summed E-state index contributed by atoms with van der Waals surface area (Å²) in [5.41, 5.74) is 22.1. The molecule has 4 atom stereocenters. The first-order chi connectivity index (χ1) is 34.4. The Bertz CT molecular complexity index is 2050. The van der Waals surface area contributed by atoms with E-state index in [9.17, 15) is 44.4 Å². The third-order valence-electron chi connectivity index (χ3n) is 11.0. The third-order valence-corrected chi connectivity index (χ3v) is 13.9. The number of rotatable bonds is 40. The van der Waals surface area contributed by atoms with Gasteiger partial charge in [0.05, 0.1) is 11.6 Å². The van der Waals surface area contributed by atoms with Crippen molar-refractivity contribution in [2.24, 2.45) is 38.9 Å². The molecule has 0 saturated heterocycles. The smallest absolute Gasteiger partial charge is 0.451 e. The number of hydrogen-bond donors (Lipinski definition) is 22. The van der Waals surface area contributed by atoms with Crippen molar-refractivity contribution in [3.05, 3.63) is 12.4 Å². The van der Waals surface area contributed by atoms with E-state index in [-0.39, 0.29) is 95.6 Å². The van der Waals surface area contributed by atoms with Crippen molar-refractivity contribution in [2.45, 2.75) is 150 Å². The molecule has 0 amide bonds. The van der Waals surface area contributed by atoms with Crippen LogP contribution in [0.3, 0.4) is 0 Å². The Balaban J connectivity index is -0.000000456. The molecule has 446 valence electrons. The van der Waals surface area contributed by atoms with Gasteiger partial charge in [-0.25, -0.2) is 28.1 Å². The number of nitrogens with zero attached hydrogens (tertiary/aromatic N) is 1. The van der Waals surface area contributed by atoms with E-state index in [1.165, 1.54) is 14.1 Å². The Morgan fingerprint density at radius 3 is 0.961 bits per heavy atom. The second-order valence-electron chi connectivity index (χ2n) is 18.2. The second-order valence-corrected chi connectivity index (χ2v) is 23.3. The van der Waals surface area contributed by atoms with Gasteiger partial charge < -0.3 is 94.6 Å². The molecule has 0 fully saturated rings. The molecular formula is C36H85B4N11O22S3. The molecule has 4 unspecified atom stereocenters. The van der Waals surface area contributed by atoms with E-state index in [0.29, 0.717) is 57.9 Å². The van der Waals surface area contributed by atoms with Gasteiger partial charge >= 0.3 is 52.4 Å². The quantitative estimate of drug-likeness (QED) is 0.0200. The highest BCUT2D eigenvalue weighted by Gasteiger charge is 2.36. The number of aliphatic carboxylic acids is 4. The molecule has 40 heteroatoms. The van der Waals surface area contributed by atoms with Gasteiger partial charge in [-0.15, -0.1) is 0 Å².